The molecule has 7 heteroatoms. The summed E-state index contributed by atoms with van der Waals surface area (Å²) in [7, 11) is 0. The average molecular weight is 317 g/mol. The van der Waals surface area contributed by atoms with E-state index in [9.17, 15) is 4.39 Å². The zero-order valence-corrected chi connectivity index (χ0v) is 12.6. The zero-order valence-electron chi connectivity index (χ0n) is 12.6. The maximum atomic E-state index is 13.8. The fourth-order valence-corrected chi connectivity index (χ4v) is 2.53. The predicted molar refractivity (Wildman–Crippen MR) is 81.5 cm³/mol. The number of benzene rings is 1. The first-order valence-electron chi connectivity index (χ1n) is 7.59. The number of morpholine rings is 1. The van der Waals surface area contributed by atoms with E-state index >= 15 is 0 Å². The van der Waals surface area contributed by atoms with Gasteiger partial charge in [0.05, 0.1) is 31.9 Å². The number of rotatable bonds is 5. The monoisotopic (exact) mass is 317 g/mol. The van der Waals surface area contributed by atoms with Gasteiger partial charge in [0.25, 0.3) is 0 Å². The highest BCUT2D eigenvalue weighted by molar-refractivity contribution is 5.59. The first-order valence-corrected chi connectivity index (χ1v) is 7.59. The van der Waals surface area contributed by atoms with E-state index in [4.69, 9.17) is 14.4 Å². The smallest absolute Gasteiger partial charge is 0.233 e. The molecule has 1 aliphatic heterocycles. The Bertz CT molecular complexity index is 704. The number of nitrogens with one attached hydrogen (secondary N) is 2. The van der Waals surface area contributed by atoms with Gasteiger partial charge < -0.3 is 19.4 Å². The van der Waals surface area contributed by atoms with E-state index in [2.05, 4.69) is 10.3 Å². The number of ether oxygens (including phenoxy) is 1. The normalized spacial score (nSPS) is 15.3. The van der Waals surface area contributed by atoms with Crippen molar-refractivity contribution in [1.29, 1.82) is 5.26 Å². The Morgan fingerprint density at radius 3 is 2.83 bits per heavy atom. The Morgan fingerprint density at radius 2 is 2.09 bits per heavy atom. The van der Waals surface area contributed by atoms with Crippen LogP contribution in [0.2, 0.25) is 0 Å². The summed E-state index contributed by atoms with van der Waals surface area (Å²) in [5.74, 6) is -0.0261. The summed E-state index contributed by atoms with van der Waals surface area (Å²) in [4.78, 5) is 5.51. The molecule has 0 amide bonds. The van der Waals surface area contributed by atoms with E-state index in [1.54, 1.807) is 18.2 Å². The number of aromatic nitrogens is 1. The predicted octanol–water partition coefficient (Wildman–Crippen LogP) is 0.679. The molecular formula is C16H18FN4O2+. The van der Waals surface area contributed by atoms with Crippen LogP contribution < -0.4 is 10.2 Å². The average Bonchev–Trinajstić information content (AvgIpc) is 2.99. The molecular weight excluding hydrogens is 299 g/mol. The molecule has 1 fully saturated rings. The molecule has 0 bridgehead atoms. The largest absolute Gasteiger partial charge is 0.419 e. The molecule has 0 unspecified atom stereocenters. The summed E-state index contributed by atoms with van der Waals surface area (Å²) in [5, 5.41) is 12.3. The van der Waals surface area contributed by atoms with Crippen molar-refractivity contribution in [3.05, 3.63) is 35.8 Å². The van der Waals surface area contributed by atoms with Crippen LogP contribution in [0.25, 0.3) is 11.5 Å². The van der Waals surface area contributed by atoms with Crippen molar-refractivity contribution in [2.45, 2.75) is 0 Å². The van der Waals surface area contributed by atoms with Crippen LogP contribution in [-0.2, 0) is 4.74 Å². The van der Waals surface area contributed by atoms with Crippen LogP contribution in [0, 0.1) is 17.1 Å². The Kier molecular flexibility index (Phi) is 4.86. The number of anilines is 1. The van der Waals surface area contributed by atoms with Gasteiger partial charge in [0.1, 0.15) is 25.0 Å². The Balaban J connectivity index is 1.67. The van der Waals surface area contributed by atoms with Gasteiger partial charge in [-0.05, 0) is 12.1 Å². The molecule has 1 aliphatic rings. The third-order valence-corrected chi connectivity index (χ3v) is 3.80. The summed E-state index contributed by atoms with van der Waals surface area (Å²) in [6.07, 6.45) is 0. The van der Waals surface area contributed by atoms with Crippen LogP contribution in [0.15, 0.2) is 28.7 Å². The topological polar surface area (TPSA) is 75.5 Å². The van der Waals surface area contributed by atoms with Crippen molar-refractivity contribution in [2.24, 2.45) is 0 Å². The standard InChI is InChI=1S/C16H17FN4O2/c17-13-4-2-1-3-12(13)15-20-14(11-18)16(23-15)19-5-6-21-7-9-22-10-8-21/h1-4,19H,5-10H2/p+1. The van der Waals surface area contributed by atoms with Crippen LogP contribution in [0.4, 0.5) is 10.3 Å². The molecule has 120 valence electrons. The van der Waals surface area contributed by atoms with Gasteiger partial charge in [-0.3, -0.25) is 0 Å². The second-order valence-corrected chi connectivity index (χ2v) is 5.33. The Hall–Kier alpha value is -2.43. The highest BCUT2D eigenvalue weighted by atomic mass is 19.1. The lowest BCUT2D eigenvalue weighted by molar-refractivity contribution is -0.906. The molecule has 0 aliphatic carbocycles. The van der Waals surface area contributed by atoms with Crippen molar-refractivity contribution in [3.63, 3.8) is 0 Å². The zero-order chi connectivity index (χ0) is 16.1. The molecule has 1 saturated heterocycles. The van der Waals surface area contributed by atoms with Crippen molar-refractivity contribution in [1.82, 2.24) is 4.98 Å². The Morgan fingerprint density at radius 1 is 1.30 bits per heavy atom. The first kappa shape index (κ1) is 15.5. The number of halogens is 1. The fraction of sp³-hybridized carbons (Fsp3) is 0.375. The lowest BCUT2D eigenvalue weighted by Crippen LogP contribution is -3.14. The lowest BCUT2D eigenvalue weighted by atomic mass is 10.2. The van der Waals surface area contributed by atoms with Gasteiger partial charge in [-0.1, -0.05) is 12.1 Å². The lowest BCUT2D eigenvalue weighted by Gasteiger charge is -2.23. The summed E-state index contributed by atoms with van der Waals surface area (Å²) in [6.45, 7) is 5.05. The van der Waals surface area contributed by atoms with E-state index in [1.165, 1.54) is 11.0 Å². The number of nitriles is 1. The molecule has 2 heterocycles. The molecule has 0 atom stereocenters. The van der Waals surface area contributed by atoms with Gasteiger partial charge in [-0.25, -0.2) is 4.39 Å². The second-order valence-electron chi connectivity index (χ2n) is 5.33. The molecule has 3 rings (SSSR count). The quantitative estimate of drug-likeness (QED) is 0.848. The van der Waals surface area contributed by atoms with Crippen LogP contribution in [0.3, 0.4) is 0 Å². The molecule has 0 saturated carbocycles. The maximum absolute atomic E-state index is 13.8. The molecule has 2 aromatic rings. The van der Waals surface area contributed by atoms with E-state index in [-0.39, 0.29) is 17.1 Å². The van der Waals surface area contributed by atoms with Crippen molar-refractivity contribution in [2.75, 3.05) is 44.7 Å². The Labute approximate surface area is 133 Å². The van der Waals surface area contributed by atoms with Crippen LogP contribution in [-0.4, -0.2) is 44.4 Å². The van der Waals surface area contributed by atoms with Crippen LogP contribution in [0.1, 0.15) is 5.69 Å². The van der Waals surface area contributed by atoms with E-state index < -0.39 is 5.82 Å². The van der Waals surface area contributed by atoms with Gasteiger partial charge in [-0.15, -0.1) is 0 Å². The van der Waals surface area contributed by atoms with E-state index in [0.29, 0.717) is 12.4 Å². The van der Waals surface area contributed by atoms with Gasteiger partial charge in [0.2, 0.25) is 17.5 Å². The minimum atomic E-state index is -0.428. The summed E-state index contributed by atoms with van der Waals surface area (Å²) < 4.78 is 24.7. The van der Waals surface area contributed by atoms with Gasteiger partial charge in [-0.2, -0.15) is 10.2 Å². The highest BCUT2D eigenvalue weighted by Crippen LogP contribution is 2.26. The molecule has 2 N–H and O–H groups in total. The third-order valence-electron chi connectivity index (χ3n) is 3.80. The number of hydrogen-bond acceptors (Lipinski definition) is 5. The first-order chi connectivity index (χ1) is 11.3. The van der Waals surface area contributed by atoms with Gasteiger partial charge in [0.15, 0.2) is 0 Å². The minimum absolute atomic E-state index is 0.112. The molecule has 6 nitrogen and oxygen atoms in total. The summed E-state index contributed by atoms with van der Waals surface area (Å²) in [5.41, 5.74) is 0.385. The number of quaternary nitrogens is 1. The van der Waals surface area contributed by atoms with Crippen molar-refractivity contribution >= 4 is 5.88 Å². The molecule has 1 aromatic carbocycles. The molecule has 23 heavy (non-hydrogen) atoms. The molecule has 0 spiro atoms. The number of hydrogen-bond donors (Lipinski definition) is 2. The SMILES string of the molecule is N#Cc1nc(-c2ccccc2F)oc1NCC[NH+]1CCOCC1. The van der Waals surface area contributed by atoms with Crippen molar-refractivity contribution in [3.8, 4) is 17.5 Å². The minimum Gasteiger partial charge on any atom is -0.419 e. The molecule has 1 aromatic heterocycles. The number of nitrogens with zero attached hydrogens (tertiary/aromatic N) is 2. The summed E-state index contributed by atoms with van der Waals surface area (Å²) >= 11 is 0. The van der Waals surface area contributed by atoms with Crippen LogP contribution in [0.5, 0.6) is 0 Å². The van der Waals surface area contributed by atoms with Gasteiger partial charge in [0, 0.05) is 0 Å². The van der Waals surface area contributed by atoms with Gasteiger partial charge >= 0.3 is 0 Å². The second kappa shape index (κ2) is 7.22. The molecule has 0 radical (unpaired) electrons. The number of oxazole rings is 1. The highest BCUT2D eigenvalue weighted by Gasteiger charge is 2.18. The van der Waals surface area contributed by atoms with E-state index in [0.717, 1.165) is 32.8 Å². The van der Waals surface area contributed by atoms with E-state index in [1.807, 2.05) is 6.07 Å². The fourth-order valence-electron chi connectivity index (χ4n) is 2.53. The summed E-state index contributed by atoms with van der Waals surface area (Å²) in [6, 6.07) is 8.18. The maximum Gasteiger partial charge on any atom is 0.233 e. The third kappa shape index (κ3) is 3.67. The van der Waals surface area contributed by atoms with Crippen LogP contribution >= 0.6 is 0 Å². The van der Waals surface area contributed by atoms with Crippen molar-refractivity contribution < 1.29 is 18.4 Å².